The molecule has 1 saturated heterocycles. The summed E-state index contributed by atoms with van der Waals surface area (Å²) in [6.07, 6.45) is 64.2. The summed E-state index contributed by atoms with van der Waals surface area (Å²) in [6, 6.07) is -0.802. The molecule has 0 aromatic heterocycles. The summed E-state index contributed by atoms with van der Waals surface area (Å²) < 4.78 is 11.3. The fourth-order valence-corrected chi connectivity index (χ4v) is 10.6. The molecule has 0 aliphatic carbocycles. The lowest BCUT2D eigenvalue weighted by Crippen LogP contribution is -2.60. The molecule has 6 N–H and O–H groups in total. The Morgan fingerprint density at radius 3 is 1.09 bits per heavy atom. The molecule has 0 spiro atoms. The standard InChI is InChI=1S/C65H125NO8/c1-3-5-7-9-11-13-15-17-19-21-22-23-24-25-26-27-28-29-30-31-32-33-34-35-36-37-38-39-41-43-45-47-49-51-53-55-61(69)66-58(57-73-65-64(72)63(71)62(70)60(56-67)74-65)59(68)54-52-50-48-46-44-42-40-20-18-16-14-12-10-8-6-4-2/h21-22,52,54,58-60,62-65,67-68,70-72H,3-20,23-51,53,55-57H2,1-2H3,(H,66,69)/b22-21-,54-52+. The van der Waals surface area contributed by atoms with E-state index in [9.17, 15) is 30.3 Å². The van der Waals surface area contributed by atoms with Gasteiger partial charge in [-0.3, -0.25) is 4.79 Å². The molecule has 0 aromatic rings. The molecule has 1 aliphatic rings. The van der Waals surface area contributed by atoms with Gasteiger partial charge < -0.3 is 40.3 Å². The second-order valence-corrected chi connectivity index (χ2v) is 22.9. The molecule has 0 saturated carbocycles. The Balaban J connectivity index is 2.08. The summed E-state index contributed by atoms with van der Waals surface area (Å²) >= 11 is 0. The van der Waals surface area contributed by atoms with Crippen LogP contribution in [-0.2, 0) is 14.3 Å². The monoisotopic (exact) mass is 1050 g/mol. The van der Waals surface area contributed by atoms with E-state index in [-0.39, 0.29) is 12.5 Å². The number of rotatable bonds is 57. The van der Waals surface area contributed by atoms with Crippen LogP contribution in [0.4, 0.5) is 0 Å². The third-order valence-corrected chi connectivity index (χ3v) is 15.8. The van der Waals surface area contributed by atoms with Crippen LogP contribution in [0, 0.1) is 0 Å². The van der Waals surface area contributed by atoms with Crippen molar-refractivity contribution in [3.8, 4) is 0 Å². The highest BCUT2D eigenvalue weighted by Gasteiger charge is 2.44. The molecule has 7 unspecified atom stereocenters. The van der Waals surface area contributed by atoms with E-state index in [1.54, 1.807) is 6.08 Å². The summed E-state index contributed by atoms with van der Waals surface area (Å²) in [5, 5.41) is 54.6. The van der Waals surface area contributed by atoms with Crippen LogP contribution in [0.2, 0.25) is 0 Å². The van der Waals surface area contributed by atoms with Crippen molar-refractivity contribution in [1.29, 1.82) is 0 Å². The van der Waals surface area contributed by atoms with Crippen LogP contribution in [0.15, 0.2) is 24.3 Å². The minimum atomic E-state index is -1.56. The highest BCUT2D eigenvalue weighted by molar-refractivity contribution is 5.76. The second-order valence-electron chi connectivity index (χ2n) is 22.9. The minimum Gasteiger partial charge on any atom is -0.394 e. The zero-order chi connectivity index (χ0) is 53.6. The summed E-state index contributed by atoms with van der Waals surface area (Å²) in [6.45, 7) is 3.82. The van der Waals surface area contributed by atoms with Gasteiger partial charge in [-0.05, 0) is 44.9 Å². The van der Waals surface area contributed by atoms with Crippen molar-refractivity contribution in [3.05, 3.63) is 24.3 Å². The third-order valence-electron chi connectivity index (χ3n) is 15.8. The van der Waals surface area contributed by atoms with Crippen molar-refractivity contribution in [1.82, 2.24) is 5.32 Å². The molecule has 1 heterocycles. The average Bonchev–Trinajstić information content (AvgIpc) is 3.40. The maximum atomic E-state index is 13.1. The predicted octanol–water partition coefficient (Wildman–Crippen LogP) is 16.9. The molecule has 1 aliphatic heterocycles. The van der Waals surface area contributed by atoms with E-state index in [4.69, 9.17) is 9.47 Å². The molecule has 1 rings (SSSR count). The smallest absolute Gasteiger partial charge is 0.220 e. The largest absolute Gasteiger partial charge is 0.394 e. The number of aliphatic hydroxyl groups is 5. The Labute approximate surface area is 458 Å². The van der Waals surface area contributed by atoms with Crippen LogP contribution in [0.3, 0.4) is 0 Å². The van der Waals surface area contributed by atoms with Crippen LogP contribution >= 0.6 is 0 Å². The topological polar surface area (TPSA) is 149 Å². The Bertz CT molecular complexity index is 1210. The van der Waals surface area contributed by atoms with E-state index in [2.05, 4.69) is 31.3 Å². The van der Waals surface area contributed by atoms with Crippen molar-refractivity contribution in [2.24, 2.45) is 0 Å². The van der Waals surface area contributed by atoms with Crippen molar-refractivity contribution in [2.75, 3.05) is 13.2 Å². The van der Waals surface area contributed by atoms with Gasteiger partial charge in [0, 0.05) is 6.42 Å². The van der Waals surface area contributed by atoms with Gasteiger partial charge in [-0.1, -0.05) is 301 Å². The summed E-state index contributed by atoms with van der Waals surface area (Å²) in [7, 11) is 0. The van der Waals surface area contributed by atoms with Crippen LogP contribution in [0.1, 0.15) is 328 Å². The molecule has 9 heteroatoms. The normalized spacial score (nSPS) is 19.0. The number of carbonyl (C=O) groups is 1. The van der Waals surface area contributed by atoms with E-state index in [1.807, 2.05) is 6.08 Å². The van der Waals surface area contributed by atoms with Gasteiger partial charge >= 0.3 is 0 Å². The van der Waals surface area contributed by atoms with Gasteiger partial charge in [-0.25, -0.2) is 0 Å². The maximum Gasteiger partial charge on any atom is 0.220 e. The Kier molecular flexibility index (Phi) is 52.5. The van der Waals surface area contributed by atoms with Gasteiger partial charge in [0.15, 0.2) is 6.29 Å². The second kappa shape index (κ2) is 55.0. The number of amides is 1. The lowest BCUT2D eigenvalue weighted by atomic mass is 9.99. The quantitative estimate of drug-likeness (QED) is 0.0261. The number of hydrogen-bond donors (Lipinski definition) is 6. The van der Waals surface area contributed by atoms with Gasteiger partial charge in [-0.2, -0.15) is 0 Å². The molecule has 0 bridgehead atoms. The lowest BCUT2D eigenvalue weighted by Gasteiger charge is -2.40. The van der Waals surface area contributed by atoms with E-state index < -0.39 is 49.5 Å². The molecular weight excluding hydrogens is 923 g/mol. The Morgan fingerprint density at radius 1 is 0.446 bits per heavy atom. The number of ether oxygens (including phenoxy) is 2. The van der Waals surface area contributed by atoms with Crippen molar-refractivity contribution in [2.45, 2.75) is 371 Å². The van der Waals surface area contributed by atoms with Gasteiger partial charge in [0.25, 0.3) is 0 Å². The maximum absolute atomic E-state index is 13.1. The molecule has 0 radical (unpaired) electrons. The number of aliphatic hydroxyl groups excluding tert-OH is 5. The molecule has 7 atom stereocenters. The number of hydrogen-bond acceptors (Lipinski definition) is 8. The van der Waals surface area contributed by atoms with Gasteiger partial charge in [-0.15, -0.1) is 0 Å². The molecule has 0 aromatic carbocycles. The number of unbranched alkanes of at least 4 members (excludes halogenated alkanes) is 45. The first-order valence-corrected chi connectivity index (χ1v) is 32.6. The van der Waals surface area contributed by atoms with Crippen LogP contribution in [0.5, 0.6) is 0 Å². The summed E-state index contributed by atoms with van der Waals surface area (Å²) in [4.78, 5) is 13.1. The molecule has 1 amide bonds. The van der Waals surface area contributed by atoms with Crippen LogP contribution in [-0.4, -0.2) is 87.5 Å². The Morgan fingerprint density at radius 2 is 0.757 bits per heavy atom. The first-order valence-electron chi connectivity index (χ1n) is 32.6. The first-order chi connectivity index (χ1) is 36.3. The van der Waals surface area contributed by atoms with E-state index >= 15 is 0 Å². The van der Waals surface area contributed by atoms with Gasteiger partial charge in [0.2, 0.25) is 5.91 Å². The number of allylic oxidation sites excluding steroid dienone is 3. The SMILES string of the molecule is CCCCCCCCCC/C=C\CCCCCCCCCCCCCCCCCCCCCCCCCC(=O)NC(COC1OC(CO)C(O)C(O)C1O)C(O)/C=C/CCCCCCCCCCCCCCCC. The molecule has 74 heavy (non-hydrogen) atoms. The number of nitrogens with one attached hydrogen (secondary N) is 1. The van der Waals surface area contributed by atoms with Crippen LogP contribution < -0.4 is 5.32 Å². The van der Waals surface area contributed by atoms with E-state index in [1.165, 1.54) is 270 Å². The van der Waals surface area contributed by atoms with Crippen molar-refractivity contribution < 1.29 is 39.8 Å². The first kappa shape index (κ1) is 70.7. The van der Waals surface area contributed by atoms with Crippen molar-refractivity contribution >= 4 is 5.91 Å². The zero-order valence-electron chi connectivity index (χ0n) is 48.9. The Hall–Kier alpha value is -1.33. The fraction of sp³-hybridized carbons (Fsp3) is 0.923. The predicted molar refractivity (Wildman–Crippen MR) is 314 cm³/mol. The third kappa shape index (κ3) is 43.6. The zero-order valence-corrected chi connectivity index (χ0v) is 48.9. The van der Waals surface area contributed by atoms with Gasteiger partial charge in [0.1, 0.15) is 24.4 Å². The molecule has 9 nitrogen and oxygen atoms in total. The summed E-state index contributed by atoms with van der Waals surface area (Å²) in [5.41, 5.74) is 0. The highest BCUT2D eigenvalue weighted by Crippen LogP contribution is 2.23. The van der Waals surface area contributed by atoms with E-state index in [0.717, 1.165) is 38.5 Å². The number of carbonyl (C=O) groups excluding carboxylic acids is 1. The molecule has 438 valence electrons. The van der Waals surface area contributed by atoms with Crippen LogP contribution in [0.25, 0.3) is 0 Å². The van der Waals surface area contributed by atoms with Gasteiger partial charge in [0.05, 0.1) is 25.4 Å². The molecule has 1 fully saturated rings. The highest BCUT2D eigenvalue weighted by atomic mass is 16.7. The van der Waals surface area contributed by atoms with E-state index in [0.29, 0.717) is 6.42 Å². The molecular formula is C65H125NO8. The fourth-order valence-electron chi connectivity index (χ4n) is 10.6. The lowest BCUT2D eigenvalue weighted by molar-refractivity contribution is -0.302. The minimum absolute atomic E-state index is 0.170. The van der Waals surface area contributed by atoms with Crippen molar-refractivity contribution in [3.63, 3.8) is 0 Å². The summed E-state index contributed by atoms with van der Waals surface area (Å²) in [5.74, 6) is -0.170. The average molecular weight is 1050 g/mol.